The topological polar surface area (TPSA) is 69.1 Å². The molecule has 0 radical (unpaired) electrons. The standard InChI is InChI=1S/C10H14N2OS/c1-7(11)8-3-2-4-9(5-8)14-6-10(12)13/h2-5,7H,6,11H2,1H3,(H2,12,13). The van der Waals surface area contributed by atoms with Crippen molar-refractivity contribution in [2.75, 3.05) is 5.75 Å². The first kappa shape index (κ1) is 11.1. The Balaban J connectivity index is 2.68. The molecule has 0 saturated heterocycles. The van der Waals surface area contributed by atoms with E-state index in [1.807, 2.05) is 31.2 Å². The van der Waals surface area contributed by atoms with Crippen LogP contribution in [0, 0.1) is 0 Å². The fraction of sp³-hybridized carbons (Fsp3) is 0.300. The summed E-state index contributed by atoms with van der Waals surface area (Å²) in [7, 11) is 0. The summed E-state index contributed by atoms with van der Waals surface area (Å²) in [6.07, 6.45) is 0. The Hall–Kier alpha value is -1.00. The molecule has 0 spiro atoms. The van der Waals surface area contributed by atoms with Crippen LogP contribution in [-0.4, -0.2) is 11.7 Å². The van der Waals surface area contributed by atoms with Gasteiger partial charge in [-0.2, -0.15) is 0 Å². The predicted molar refractivity (Wildman–Crippen MR) is 59.0 cm³/mol. The number of carbonyl (C=O) groups is 1. The Kier molecular flexibility index (Phi) is 3.98. The molecular formula is C10H14N2OS. The molecule has 1 rings (SSSR count). The fourth-order valence-electron chi connectivity index (χ4n) is 1.04. The lowest BCUT2D eigenvalue weighted by atomic mass is 10.1. The molecule has 0 saturated carbocycles. The van der Waals surface area contributed by atoms with E-state index in [1.165, 1.54) is 11.8 Å². The van der Waals surface area contributed by atoms with Gasteiger partial charge >= 0.3 is 0 Å². The summed E-state index contributed by atoms with van der Waals surface area (Å²) in [5.74, 6) is 0.00350. The van der Waals surface area contributed by atoms with Gasteiger partial charge in [0.2, 0.25) is 5.91 Å². The number of carbonyl (C=O) groups excluding carboxylic acids is 1. The maximum absolute atomic E-state index is 10.6. The van der Waals surface area contributed by atoms with Crippen LogP contribution in [0.3, 0.4) is 0 Å². The lowest BCUT2D eigenvalue weighted by molar-refractivity contribution is -0.115. The van der Waals surface area contributed by atoms with Gasteiger partial charge in [0.05, 0.1) is 5.75 Å². The van der Waals surface area contributed by atoms with Gasteiger partial charge in [-0.05, 0) is 24.6 Å². The smallest absolute Gasteiger partial charge is 0.227 e. The highest BCUT2D eigenvalue weighted by molar-refractivity contribution is 8.00. The number of primary amides is 1. The summed E-state index contributed by atoms with van der Waals surface area (Å²) in [4.78, 5) is 11.6. The van der Waals surface area contributed by atoms with Gasteiger partial charge in [0.15, 0.2) is 0 Å². The summed E-state index contributed by atoms with van der Waals surface area (Å²) in [5.41, 5.74) is 11.9. The average Bonchev–Trinajstić information content (AvgIpc) is 2.15. The molecule has 3 nitrogen and oxygen atoms in total. The second kappa shape index (κ2) is 5.02. The lowest BCUT2D eigenvalue weighted by Gasteiger charge is -2.06. The first-order chi connectivity index (χ1) is 6.59. The summed E-state index contributed by atoms with van der Waals surface area (Å²) in [6.45, 7) is 1.93. The Labute approximate surface area is 87.9 Å². The molecule has 0 bridgehead atoms. The zero-order valence-corrected chi connectivity index (χ0v) is 8.88. The van der Waals surface area contributed by atoms with Crippen LogP contribution in [0.2, 0.25) is 0 Å². The third-order valence-corrected chi connectivity index (χ3v) is 2.78. The molecule has 0 aliphatic carbocycles. The Bertz CT molecular complexity index is 326. The fourth-order valence-corrected chi connectivity index (χ4v) is 1.75. The quantitative estimate of drug-likeness (QED) is 0.736. The number of rotatable bonds is 4. The number of thioether (sulfide) groups is 1. The molecule has 0 aliphatic rings. The zero-order chi connectivity index (χ0) is 10.6. The minimum atomic E-state index is -0.304. The van der Waals surface area contributed by atoms with Crippen LogP contribution < -0.4 is 11.5 Å². The van der Waals surface area contributed by atoms with Gasteiger partial charge in [-0.1, -0.05) is 12.1 Å². The predicted octanol–water partition coefficient (Wildman–Crippen LogP) is 1.28. The van der Waals surface area contributed by atoms with Crippen LogP contribution in [0.4, 0.5) is 0 Å². The SMILES string of the molecule is CC(N)c1cccc(SCC(N)=O)c1. The van der Waals surface area contributed by atoms with Gasteiger partial charge < -0.3 is 11.5 Å². The molecule has 0 aliphatic heterocycles. The van der Waals surface area contributed by atoms with Crippen molar-refractivity contribution in [1.29, 1.82) is 0 Å². The second-order valence-electron chi connectivity index (χ2n) is 3.12. The van der Waals surface area contributed by atoms with Crippen molar-refractivity contribution in [2.24, 2.45) is 11.5 Å². The van der Waals surface area contributed by atoms with Crippen LogP contribution in [0.25, 0.3) is 0 Å². The molecular weight excluding hydrogens is 196 g/mol. The van der Waals surface area contributed by atoms with Gasteiger partial charge in [-0.3, -0.25) is 4.79 Å². The normalized spacial score (nSPS) is 12.4. The first-order valence-electron chi connectivity index (χ1n) is 4.36. The van der Waals surface area contributed by atoms with E-state index in [9.17, 15) is 4.79 Å². The molecule has 0 fully saturated rings. The van der Waals surface area contributed by atoms with Crippen molar-refractivity contribution in [3.63, 3.8) is 0 Å². The van der Waals surface area contributed by atoms with E-state index in [1.54, 1.807) is 0 Å². The van der Waals surface area contributed by atoms with E-state index in [0.29, 0.717) is 5.75 Å². The largest absolute Gasteiger partial charge is 0.369 e. The van der Waals surface area contributed by atoms with E-state index < -0.39 is 0 Å². The number of benzene rings is 1. The van der Waals surface area contributed by atoms with Crippen molar-refractivity contribution < 1.29 is 4.79 Å². The Morgan fingerprint density at radius 3 is 2.86 bits per heavy atom. The maximum atomic E-state index is 10.6. The van der Waals surface area contributed by atoms with E-state index in [2.05, 4.69) is 0 Å². The zero-order valence-electron chi connectivity index (χ0n) is 8.07. The summed E-state index contributed by atoms with van der Waals surface area (Å²) in [6, 6.07) is 7.85. The molecule has 76 valence electrons. The van der Waals surface area contributed by atoms with Crippen molar-refractivity contribution >= 4 is 17.7 Å². The molecule has 1 aromatic rings. The Morgan fingerprint density at radius 2 is 2.29 bits per heavy atom. The molecule has 0 heterocycles. The van der Waals surface area contributed by atoms with Crippen molar-refractivity contribution in [2.45, 2.75) is 17.9 Å². The molecule has 0 aromatic heterocycles. The van der Waals surface area contributed by atoms with Crippen LogP contribution in [0.5, 0.6) is 0 Å². The second-order valence-corrected chi connectivity index (χ2v) is 4.16. The molecule has 14 heavy (non-hydrogen) atoms. The summed E-state index contributed by atoms with van der Waals surface area (Å²) in [5, 5.41) is 0. The third kappa shape index (κ3) is 3.40. The van der Waals surface area contributed by atoms with Crippen LogP contribution in [0.1, 0.15) is 18.5 Å². The molecule has 4 heteroatoms. The third-order valence-electron chi connectivity index (χ3n) is 1.76. The van der Waals surface area contributed by atoms with Gasteiger partial charge in [0.1, 0.15) is 0 Å². The van der Waals surface area contributed by atoms with Gasteiger partial charge in [0.25, 0.3) is 0 Å². The van der Waals surface area contributed by atoms with Gasteiger partial charge in [-0.15, -0.1) is 11.8 Å². The summed E-state index contributed by atoms with van der Waals surface area (Å²) < 4.78 is 0. The number of nitrogens with two attached hydrogens (primary N) is 2. The van der Waals surface area contributed by atoms with E-state index >= 15 is 0 Å². The highest BCUT2D eigenvalue weighted by Crippen LogP contribution is 2.20. The maximum Gasteiger partial charge on any atom is 0.227 e. The highest BCUT2D eigenvalue weighted by Gasteiger charge is 2.02. The first-order valence-corrected chi connectivity index (χ1v) is 5.35. The van der Waals surface area contributed by atoms with Gasteiger partial charge in [0, 0.05) is 10.9 Å². The molecule has 1 amide bonds. The van der Waals surface area contributed by atoms with Crippen molar-refractivity contribution in [3.8, 4) is 0 Å². The van der Waals surface area contributed by atoms with E-state index in [4.69, 9.17) is 11.5 Å². The van der Waals surface area contributed by atoms with Crippen LogP contribution >= 0.6 is 11.8 Å². The van der Waals surface area contributed by atoms with Crippen LogP contribution in [0.15, 0.2) is 29.2 Å². The number of amides is 1. The minimum absolute atomic E-state index is 0.0177. The molecule has 1 atom stereocenters. The van der Waals surface area contributed by atoms with Crippen molar-refractivity contribution in [1.82, 2.24) is 0 Å². The molecule has 1 aromatic carbocycles. The van der Waals surface area contributed by atoms with E-state index in [-0.39, 0.29) is 11.9 Å². The highest BCUT2D eigenvalue weighted by atomic mass is 32.2. The van der Waals surface area contributed by atoms with Crippen LogP contribution in [-0.2, 0) is 4.79 Å². The monoisotopic (exact) mass is 210 g/mol. The lowest BCUT2D eigenvalue weighted by Crippen LogP contribution is -2.13. The molecule has 4 N–H and O–H groups in total. The van der Waals surface area contributed by atoms with Crippen molar-refractivity contribution in [3.05, 3.63) is 29.8 Å². The van der Waals surface area contributed by atoms with E-state index in [0.717, 1.165) is 10.5 Å². The Morgan fingerprint density at radius 1 is 1.57 bits per heavy atom. The average molecular weight is 210 g/mol. The van der Waals surface area contributed by atoms with Gasteiger partial charge in [-0.25, -0.2) is 0 Å². The number of hydrogen-bond acceptors (Lipinski definition) is 3. The minimum Gasteiger partial charge on any atom is -0.369 e. The summed E-state index contributed by atoms with van der Waals surface area (Å²) >= 11 is 1.43. The molecule has 1 unspecified atom stereocenters. The number of hydrogen-bond donors (Lipinski definition) is 2.